The highest BCUT2D eigenvalue weighted by molar-refractivity contribution is 5.69. The Morgan fingerprint density at radius 1 is 0.824 bits per heavy atom. The third-order valence-electron chi connectivity index (χ3n) is 1.99. The van der Waals surface area contributed by atoms with E-state index in [0.29, 0.717) is 5.75 Å². The number of aliphatic hydroxyl groups excluding tert-OH is 1. The van der Waals surface area contributed by atoms with Crippen LogP contribution in [0.1, 0.15) is 13.8 Å². The quantitative estimate of drug-likeness (QED) is 0.787. The fourth-order valence-electron chi connectivity index (χ4n) is 1.34. The van der Waals surface area contributed by atoms with E-state index in [9.17, 15) is 5.11 Å². The van der Waals surface area contributed by atoms with Gasteiger partial charge in [0, 0.05) is 11.7 Å². The van der Waals surface area contributed by atoms with E-state index < -0.39 is 0 Å². The topological polar surface area (TPSA) is 40.5 Å². The van der Waals surface area contributed by atoms with Gasteiger partial charge in [-0.25, -0.2) is 0 Å². The predicted molar refractivity (Wildman–Crippen MR) is 70.9 cm³/mol. The fraction of sp³-hybridized carbons (Fsp3) is 0.200. The summed E-state index contributed by atoms with van der Waals surface area (Å²) in [4.78, 5) is 0. The van der Waals surface area contributed by atoms with Crippen LogP contribution < -0.4 is 0 Å². The third kappa shape index (κ3) is 4.70. The van der Waals surface area contributed by atoms with E-state index in [0.717, 1.165) is 11.1 Å². The lowest BCUT2D eigenvalue weighted by Gasteiger charge is -2.02. The number of para-hydroxylation sites is 1. The molecule has 0 heterocycles. The zero-order valence-electron chi connectivity index (χ0n) is 10.2. The molecule has 17 heavy (non-hydrogen) atoms. The van der Waals surface area contributed by atoms with Crippen LogP contribution in [-0.4, -0.2) is 16.3 Å². The molecule has 90 valence electrons. The number of benzene rings is 2. The van der Waals surface area contributed by atoms with E-state index in [1.807, 2.05) is 48.5 Å². The highest BCUT2D eigenvalue weighted by Crippen LogP contribution is 2.27. The van der Waals surface area contributed by atoms with Crippen LogP contribution in [0.4, 0.5) is 0 Å². The average molecular weight is 230 g/mol. The van der Waals surface area contributed by atoms with Gasteiger partial charge in [-0.15, -0.1) is 0 Å². The number of aliphatic hydroxyl groups is 1. The Bertz CT molecular complexity index is 433. The smallest absolute Gasteiger partial charge is 0.123 e. The second-order valence-electron chi connectivity index (χ2n) is 3.98. The summed E-state index contributed by atoms with van der Waals surface area (Å²) >= 11 is 0. The third-order valence-corrected chi connectivity index (χ3v) is 1.99. The number of hydrogen-bond acceptors (Lipinski definition) is 2. The van der Waals surface area contributed by atoms with E-state index in [1.165, 1.54) is 0 Å². The Labute approximate surface area is 102 Å². The van der Waals surface area contributed by atoms with Gasteiger partial charge in [-0.2, -0.15) is 0 Å². The van der Waals surface area contributed by atoms with Crippen molar-refractivity contribution >= 4 is 0 Å². The lowest BCUT2D eigenvalue weighted by atomic mass is 10.1. The van der Waals surface area contributed by atoms with Crippen molar-refractivity contribution in [3.05, 3.63) is 54.6 Å². The number of phenolic OH excluding ortho intramolecular Hbond substituents is 1. The predicted octanol–water partition coefficient (Wildman–Crippen LogP) is 3.45. The Hall–Kier alpha value is -1.80. The summed E-state index contributed by atoms with van der Waals surface area (Å²) in [6.07, 6.45) is -0.167. The molecule has 2 aromatic carbocycles. The molecule has 0 spiro atoms. The molecule has 0 bridgehead atoms. The number of hydrogen-bond donors (Lipinski definition) is 2. The van der Waals surface area contributed by atoms with Crippen LogP contribution in [0.5, 0.6) is 5.75 Å². The molecule has 2 rings (SSSR count). The highest BCUT2D eigenvalue weighted by Gasteiger charge is 2.00. The van der Waals surface area contributed by atoms with Crippen LogP contribution >= 0.6 is 0 Å². The molecule has 0 aromatic heterocycles. The SMILES string of the molecule is CC(C)O.Oc1ccccc1-c1ccccc1. The van der Waals surface area contributed by atoms with Crippen molar-refractivity contribution in [2.75, 3.05) is 0 Å². The van der Waals surface area contributed by atoms with Crippen molar-refractivity contribution in [1.82, 2.24) is 0 Å². The van der Waals surface area contributed by atoms with Crippen LogP contribution in [0.15, 0.2) is 54.6 Å². The molecule has 0 saturated heterocycles. The molecule has 2 N–H and O–H groups in total. The minimum atomic E-state index is -0.167. The second-order valence-corrected chi connectivity index (χ2v) is 3.98. The molecule has 0 unspecified atom stereocenters. The molecular formula is C15H18O2. The van der Waals surface area contributed by atoms with Crippen LogP contribution in [0.3, 0.4) is 0 Å². The van der Waals surface area contributed by atoms with Gasteiger partial charge in [0.05, 0.1) is 0 Å². The minimum absolute atomic E-state index is 0.167. The largest absolute Gasteiger partial charge is 0.507 e. The molecular weight excluding hydrogens is 212 g/mol. The molecule has 0 atom stereocenters. The fourth-order valence-corrected chi connectivity index (χ4v) is 1.34. The van der Waals surface area contributed by atoms with E-state index in [1.54, 1.807) is 19.9 Å². The van der Waals surface area contributed by atoms with Gasteiger partial charge in [-0.05, 0) is 25.5 Å². The summed E-state index contributed by atoms with van der Waals surface area (Å²) in [6, 6.07) is 17.2. The van der Waals surface area contributed by atoms with Crippen LogP contribution in [0.2, 0.25) is 0 Å². The van der Waals surface area contributed by atoms with Crippen molar-refractivity contribution in [3.8, 4) is 16.9 Å². The molecule has 0 saturated carbocycles. The lowest BCUT2D eigenvalue weighted by Crippen LogP contribution is -1.85. The van der Waals surface area contributed by atoms with Crippen molar-refractivity contribution in [3.63, 3.8) is 0 Å². The number of rotatable bonds is 1. The van der Waals surface area contributed by atoms with Gasteiger partial charge < -0.3 is 10.2 Å². The summed E-state index contributed by atoms with van der Waals surface area (Å²) in [5, 5.41) is 17.6. The molecule has 2 aromatic rings. The first kappa shape index (κ1) is 13.3. The molecule has 2 nitrogen and oxygen atoms in total. The van der Waals surface area contributed by atoms with Gasteiger partial charge in [0.25, 0.3) is 0 Å². The van der Waals surface area contributed by atoms with E-state index in [4.69, 9.17) is 5.11 Å². The summed E-state index contributed by atoms with van der Waals surface area (Å²) in [5.41, 5.74) is 1.92. The zero-order valence-corrected chi connectivity index (χ0v) is 10.2. The first-order valence-corrected chi connectivity index (χ1v) is 5.62. The summed E-state index contributed by atoms with van der Waals surface area (Å²) < 4.78 is 0. The Balaban J connectivity index is 0.000000317. The highest BCUT2D eigenvalue weighted by atomic mass is 16.3. The lowest BCUT2D eigenvalue weighted by molar-refractivity contribution is 0.216. The molecule has 2 heteroatoms. The number of phenols is 1. The normalized spacial score (nSPS) is 9.65. The van der Waals surface area contributed by atoms with Gasteiger partial charge >= 0.3 is 0 Å². The van der Waals surface area contributed by atoms with Crippen LogP contribution in [0.25, 0.3) is 11.1 Å². The van der Waals surface area contributed by atoms with Gasteiger partial charge in [-0.1, -0.05) is 48.5 Å². The number of aromatic hydroxyl groups is 1. The molecule has 0 radical (unpaired) electrons. The minimum Gasteiger partial charge on any atom is -0.507 e. The van der Waals surface area contributed by atoms with Crippen molar-refractivity contribution in [2.24, 2.45) is 0 Å². The maximum Gasteiger partial charge on any atom is 0.123 e. The van der Waals surface area contributed by atoms with Gasteiger partial charge in [0.15, 0.2) is 0 Å². The van der Waals surface area contributed by atoms with Gasteiger partial charge in [-0.3, -0.25) is 0 Å². The second kappa shape index (κ2) is 6.71. The van der Waals surface area contributed by atoms with Crippen molar-refractivity contribution in [2.45, 2.75) is 20.0 Å². The van der Waals surface area contributed by atoms with Crippen molar-refractivity contribution in [1.29, 1.82) is 0 Å². The molecule has 0 amide bonds. The molecule has 0 aliphatic rings. The maximum atomic E-state index is 9.56. The molecule has 0 fully saturated rings. The van der Waals surface area contributed by atoms with Gasteiger partial charge in [0.2, 0.25) is 0 Å². The van der Waals surface area contributed by atoms with Crippen molar-refractivity contribution < 1.29 is 10.2 Å². The molecule has 0 aliphatic carbocycles. The first-order chi connectivity index (χ1) is 8.11. The molecule has 0 aliphatic heterocycles. The maximum absolute atomic E-state index is 9.56. The monoisotopic (exact) mass is 230 g/mol. The zero-order chi connectivity index (χ0) is 12.7. The van der Waals surface area contributed by atoms with Crippen LogP contribution in [-0.2, 0) is 0 Å². The van der Waals surface area contributed by atoms with Gasteiger partial charge in [0.1, 0.15) is 5.75 Å². The average Bonchev–Trinajstić information content (AvgIpc) is 2.30. The van der Waals surface area contributed by atoms with Crippen LogP contribution in [0, 0.1) is 0 Å². The van der Waals surface area contributed by atoms with E-state index in [2.05, 4.69) is 0 Å². The van der Waals surface area contributed by atoms with E-state index >= 15 is 0 Å². The first-order valence-electron chi connectivity index (χ1n) is 5.62. The summed E-state index contributed by atoms with van der Waals surface area (Å²) in [7, 11) is 0. The Morgan fingerprint density at radius 2 is 1.29 bits per heavy atom. The summed E-state index contributed by atoms with van der Waals surface area (Å²) in [6.45, 7) is 3.44. The summed E-state index contributed by atoms with van der Waals surface area (Å²) in [5.74, 6) is 0.328. The Kier molecular flexibility index (Phi) is 5.24. The standard InChI is InChI=1S/C12H10O.C3H8O/c13-12-9-5-4-8-11(12)10-6-2-1-3-7-10;1-3(2)4/h1-9,13H;3-4H,1-2H3. The van der Waals surface area contributed by atoms with E-state index in [-0.39, 0.29) is 6.10 Å². The Morgan fingerprint density at radius 3 is 1.82 bits per heavy atom.